The van der Waals surface area contributed by atoms with Gasteiger partial charge in [0.2, 0.25) is 5.91 Å². The van der Waals surface area contributed by atoms with E-state index < -0.39 is 35.3 Å². The number of hydrogen-bond donors (Lipinski definition) is 1. The number of unbranched alkanes of at least 4 members (excludes halogenated alkanes) is 2. The van der Waals surface area contributed by atoms with Gasteiger partial charge < -0.3 is 24.4 Å². The van der Waals surface area contributed by atoms with Crippen LogP contribution in [-0.4, -0.2) is 55.5 Å². The van der Waals surface area contributed by atoms with E-state index in [4.69, 9.17) is 14.2 Å². The molecule has 3 rings (SSSR count). The van der Waals surface area contributed by atoms with Gasteiger partial charge in [-0.1, -0.05) is 19.8 Å². The monoisotopic (exact) mass is 527 g/mol. The summed E-state index contributed by atoms with van der Waals surface area (Å²) in [6.45, 7) is 1.76. The Hall–Kier alpha value is -4.48. The lowest BCUT2D eigenvalue weighted by Crippen LogP contribution is -2.28. The summed E-state index contributed by atoms with van der Waals surface area (Å²) in [5.41, 5.74) is 0.412. The van der Waals surface area contributed by atoms with Crippen LogP contribution in [-0.2, 0) is 23.9 Å². The Morgan fingerprint density at radius 2 is 1.84 bits per heavy atom. The van der Waals surface area contributed by atoms with Crippen LogP contribution in [0, 0.1) is 16.0 Å². The first-order valence-electron chi connectivity index (χ1n) is 12.1. The molecule has 1 saturated heterocycles. The molecule has 0 saturated carbocycles. The van der Waals surface area contributed by atoms with Gasteiger partial charge in [0, 0.05) is 30.8 Å². The summed E-state index contributed by atoms with van der Waals surface area (Å²) in [5, 5.41) is 13.5. The molecule has 0 aliphatic carbocycles. The fourth-order valence-corrected chi connectivity index (χ4v) is 3.83. The van der Waals surface area contributed by atoms with Gasteiger partial charge in [0.1, 0.15) is 11.4 Å². The first-order valence-corrected chi connectivity index (χ1v) is 12.1. The van der Waals surface area contributed by atoms with Gasteiger partial charge in [0.25, 0.3) is 11.6 Å². The fraction of sp³-hybridized carbons (Fsp3) is 0.385. The Balaban J connectivity index is 1.52. The quantitative estimate of drug-likeness (QED) is 0.189. The number of rotatable bonds is 12. The molecule has 12 heteroatoms. The Bertz CT molecular complexity index is 1200. The van der Waals surface area contributed by atoms with E-state index in [1.165, 1.54) is 30.2 Å². The van der Waals surface area contributed by atoms with Crippen molar-refractivity contribution < 1.29 is 38.3 Å². The van der Waals surface area contributed by atoms with Crippen LogP contribution in [0.25, 0.3) is 0 Å². The first-order chi connectivity index (χ1) is 18.2. The minimum absolute atomic E-state index is 0.0431. The van der Waals surface area contributed by atoms with Crippen LogP contribution in [0.1, 0.15) is 43.0 Å². The number of carbonyl (C=O) groups excluding carboxylic acids is 4. The van der Waals surface area contributed by atoms with Crippen molar-refractivity contribution in [2.75, 3.05) is 37.1 Å². The third kappa shape index (κ3) is 7.28. The van der Waals surface area contributed by atoms with Gasteiger partial charge >= 0.3 is 11.9 Å². The van der Waals surface area contributed by atoms with E-state index >= 15 is 0 Å². The number of carbonyl (C=O) groups is 4. The van der Waals surface area contributed by atoms with Crippen molar-refractivity contribution in [1.82, 2.24) is 0 Å². The number of anilines is 2. The summed E-state index contributed by atoms with van der Waals surface area (Å²) < 4.78 is 15.3. The van der Waals surface area contributed by atoms with Crippen LogP contribution in [0.4, 0.5) is 17.1 Å². The SMILES string of the molecule is CCCCCOC(=O)c1ccc(N2C[C@H](C(=O)OCC(=O)Nc3cc(OC)ccc3[N+](=O)[O-])CC2=O)cc1. The molecule has 38 heavy (non-hydrogen) atoms. The first kappa shape index (κ1) is 28.1. The molecular formula is C26H29N3O9. The number of nitrogens with zero attached hydrogens (tertiary/aromatic N) is 2. The van der Waals surface area contributed by atoms with Crippen LogP contribution in [0.3, 0.4) is 0 Å². The van der Waals surface area contributed by atoms with E-state index in [0.717, 1.165) is 19.3 Å². The number of nitro groups is 1. The van der Waals surface area contributed by atoms with Gasteiger partial charge in [0.05, 0.1) is 30.1 Å². The summed E-state index contributed by atoms with van der Waals surface area (Å²) in [4.78, 5) is 61.4. The molecule has 1 aliphatic heterocycles. The van der Waals surface area contributed by atoms with E-state index in [-0.39, 0.29) is 30.2 Å². The summed E-state index contributed by atoms with van der Waals surface area (Å²) in [6, 6.07) is 10.2. The van der Waals surface area contributed by atoms with Crippen molar-refractivity contribution >= 4 is 40.8 Å². The van der Waals surface area contributed by atoms with Gasteiger partial charge in [-0.15, -0.1) is 0 Å². The molecule has 2 amide bonds. The normalized spacial score (nSPS) is 14.6. The number of amides is 2. The summed E-state index contributed by atoms with van der Waals surface area (Å²) in [5.74, 6) is -2.79. The Morgan fingerprint density at radius 1 is 1.11 bits per heavy atom. The molecule has 0 radical (unpaired) electrons. The third-order valence-electron chi connectivity index (χ3n) is 5.87. The summed E-state index contributed by atoms with van der Waals surface area (Å²) >= 11 is 0. The van der Waals surface area contributed by atoms with Crippen LogP contribution >= 0.6 is 0 Å². The van der Waals surface area contributed by atoms with Crippen molar-refractivity contribution in [3.63, 3.8) is 0 Å². The maximum absolute atomic E-state index is 12.5. The topological polar surface area (TPSA) is 154 Å². The molecule has 0 spiro atoms. The maximum Gasteiger partial charge on any atom is 0.338 e. The molecule has 202 valence electrons. The highest BCUT2D eigenvalue weighted by atomic mass is 16.6. The number of ether oxygens (including phenoxy) is 3. The largest absolute Gasteiger partial charge is 0.497 e. The van der Waals surface area contributed by atoms with Crippen LogP contribution in [0.5, 0.6) is 5.75 Å². The zero-order valence-corrected chi connectivity index (χ0v) is 21.1. The molecule has 0 unspecified atom stereocenters. The molecule has 0 aromatic heterocycles. The molecule has 0 bridgehead atoms. The molecule has 12 nitrogen and oxygen atoms in total. The molecule has 1 atom stereocenters. The van der Waals surface area contributed by atoms with Gasteiger partial charge in [-0.2, -0.15) is 0 Å². The van der Waals surface area contributed by atoms with Gasteiger partial charge in [-0.05, 0) is 36.8 Å². The molecule has 1 aliphatic rings. The fourth-order valence-electron chi connectivity index (χ4n) is 3.83. The highest BCUT2D eigenvalue weighted by Crippen LogP contribution is 2.29. The van der Waals surface area contributed by atoms with E-state index in [0.29, 0.717) is 23.6 Å². The second kappa shape index (κ2) is 13.2. The lowest BCUT2D eigenvalue weighted by molar-refractivity contribution is -0.383. The van der Waals surface area contributed by atoms with Crippen LogP contribution < -0.4 is 15.0 Å². The van der Waals surface area contributed by atoms with Gasteiger partial charge in [-0.3, -0.25) is 24.5 Å². The Kier molecular flexibility index (Phi) is 9.74. The van der Waals surface area contributed by atoms with Crippen molar-refractivity contribution in [3.8, 4) is 5.75 Å². The molecule has 1 fully saturated rings. The van der Waals surface area contributed by atoms with Crippen molar-refractivity contribution in [2.45, 2.75) is 32.6 Å². The minimum Gasteiger partial charge on any atom is -0.497 e. The molecule has 1 heterocycles. The van der Waals surface area contributed by atoms with Crippen LogP contribution in [0.15, 0.2) is 42.5 Å². The third-order valence-corrected chi connectivity index (χ3v) is 5.87. The number of nitro benzene ring substituents is 1. The zero-order chi connectivity index (χ0) is 27.7. The summed E-state index contributed by atoms with van der Waals surface area (Å²) in [7, 11) is 1.37. The lowest BCUT2D eigenvalue weighted by Gasteiger charge is -2.17. The van der Waals surface area contributed by atoms with E-state index in [2.05, 4.69) is 12.2 Å². The highest BCUT2D eigenvalue weighted by molar-refractivity contribution is 6.00. The van der Waals surface area contributed by atoms with E-state index in [1.54, 1.807) is 24.3 Å². The van der Waals surface area contributed by atoms with Crippen molar-refractivity contribution in [3.05, 3.63) is 58.1 Å². The predicted molar refractivity (Wildman–Crippen MR) is 136 cm³/mol. The average molecular weight is 528 g/mol. The Labute approximate surface area is 219 Å². The van der Waals surface area contributed by atoms with E-state index in [9.17, 15) is 29.3 Å². The second-order valence-electron chi connectivity index (χ2n) is 8.59. The number of esters is 2. The molecule has 2 aromatic rings. The smallest absolute Gasteiger partial charge is 0.338 e. The van der Waals surface area contributed by atoms with E-state index in [1.807, 2.05) is 0 Å². The number of benzene rings is 2. The molecule has 1 N–H and O–H groups in total. The van der Waals surface area contributed by atoms with Crippen molar-refractivity contribution in [1.29, 1.82) is 0 Å². The molecule has 2 aromatic carbocycles. The Morgan fingerprint density at radius 3 is 2.50 bits per heavy atom. The van der Waals surface area contributed by atoms with Crippen LogP contribution in [0.2, 0.25) is 0 Å². The number of methoxy groups -OCH3 is 1. The minimum atomic E-state index is -0.801. The van der Waals surface area contributed by atoms with Crippen molar-refractivity contribution in [2.24, 2.45) is 5.92 Å². The highest BCUT2D eigenvalue weighted by Gasteiger charge is 2.36. The number of hydrogen-bond acceptors (Lipinski definition) is 9. The molecular weight excluding hydrogens is 498 g/mol. The number of nitrogens with one attached hydrogen (secondary N) is 1. The zero-order valence-electron chi connectivity index (χ0n) is 21.1. The summed E-state index contributed by atoms with van der Waals surface area (Å²) in [6.07, 6.45) is 2.68. The van der Waals surface area contributed by atoms with Gasteiger partial charge in [-0.25, -0.2) is 4.79 Å². The average Bonchev–Trinajstić information content (AvgIpc) is 3.31. The second-order valence-corrected chi connectivity index (χ2v) is 8.59. The standard InChI is InChI=1S/C26H29N3O9/c1-3-4-5-12-37-25(32)17-6-8-19(9-7-17)28-15-18(13-24(28)31)26(33)38-16-23(30)27-21-14-20(36-2)10-11-22(21)29(34)35/h6-11,14,18H,3-5,12-13,15-16H2,1-2H3,(H,27,30)/t18-/m1/s1. The lowest BCUT2D eigenvalue weighted by atomic mass is 10.1. The van der Waals surface area contributed by atoms with Gasteiger partial charge in [0.15, 0.2) is 6.61 Å². The maximum atomic E-state index is 12.5. The predicted octanol–water partition coefficient (Wildman–Crippen LogP) is 3.49.